The van der Waals surface area contributed by atoms with Crippen LogP contribution >= 0.6 is 0 Å². The number of rotatable bonds is 4. The number of aryl methyl sites for hydroxylation is 1. The molecular weight excluding hydrogens is 359 g/mol. The van der Waals surface area contributed by atoms with E-state index in [-0.39, 0.29) is 18.9 Å². The number of benzene rings is 1. The van der Waals surface area contributed by atoms with Crippen molar-refractivity contribution in [3.63, 3.8) is 0 Å². The molecular formula is C15H15F3N3O5+. The van der Waals surface area contributed by atoms with Gasteiger partial charge in [-0.15, -0.1) is 0 Å². The molecule has 8 nitrogen and oxygen atoms in total. The summed E-state index contributed by atoms with van der Waals surface area (Å²) in [5, 5.41) is 23.4. The Bertz CT molecular complexity index is 824. The van der Waals surface area contributed by atoms with Gasteiger partial charge in [0.1, 0.15) is 17.5 Å². The predicted octanol–water partition coefficient (Wildman–Crippen LogP) is 0.990. The van der Waals surface area contributed by atoms with E-state index in [1.165, 1.54) is 4.68 Å². The molecule has 0 spiro atoms. The molecule has 0 aliphatic heterocycles. The van der Waals surface area contributed by atoms with E-state index in [1.54, 1.807) is 19.3 Å². The fourth-order valence-corrected chi connectivity index (χ4v) is 1.81. The van der Waals surface area contributed by atoms with Crippen LogP contribution in [0.3, 0.4) is 0 Å². The van der Waals surface area contributed by atoms with Crippen LogP contribution < -0.4 is 10.00 Å². The van der Waals surface area contributed by atoms with E-state index >= 15 is 0 Å². The van der Waals surface area contributed by atoms with Crippen molar-refractivity contribution in [2.75, 3.05) is 7.05 Å². The van der Waals surface area contributed by atoms with Gasteiger partial charge >= 0.3 is 18.1 Å². The highest BCUT2D eigenvalue weighted by Crippen LogP contribution is 2.14. The Morgan fingerprint density at radius 3 is 2.27 bits per heavy atom. The van der Waals surface area contributed by atoms with Crippen LogP contribution in [0, 0.1) is 0 Å². The number of carbonyl (C=O) groups is 3. The molecule has 0 aliphatic carbocycles. The smallest absolute Gasteiger partial charge is 0.481 e. The van der Waals surface area contributed by atoms with Crippen molar-refractivity contribution in [2.45, 2.75) is 19.1 Å². The molecule has 0 atom stereocenters. The van der Waals surface area contributed by atoms with Crippen molar-refractivity contribution in [3.8, 4) is 0 Å². The molecule has 26 heavy (non-hydrogen) atoms. The minimum absolute atomic E-state index is 0.0385. The molecule has 2 aromatic rings. The van der Waals surface area contributed by atoms with Crippen LogP contribution in [-0.4, -0.2) is 46.4 Å². The number of carbonyl (C=O) groups excluding carboxylic acids is 1. The molecule has 1 amide bonds. The minimum atomic E-state index is -5.08. The first-order valence-electron chi connectivity index (χ1n) is 7.09. The van der Waals surface area contributed by atoms with Crippen molar-refractivity contribution in [2.24, 2.45) is 0 Å². The number of carboxylic acids is 2. The van der Waals surface area contributed by atoms with E-state index in [0.29, 0.717) is 11.1 Å². The highest BCUT2D eigenvalue weighted by Gasteiger charge is 2.38. The number of aliphatic carboxylic acids is 2. The first-order valence-corrected chi connectivity index (χ1v) is 7.09. The van der Waals surface area contributed by atoms with Gasteiger partial charge in [0, 0.05) is 17.5 Å². The van der Waals surface area contributed by atoms with Crippen molar-refractivity contribution < 1.29 is 42.4 Å². The van der Waals surface area contributed by atoms with Gasteiger partial charge in [0.25, 0.3) is 5.91 Å². The molecule has 0 saturated carbocycles. The minimum Gasteiger partial charge on any atom is -0.481 e. The van der Waals surface area contributed by atoms with Gasteiger partial charge in [-0.1, -0.05) is 22.9 Å². The van der Waals surface area contributed by atoms with Crippen molar-refractivity contribution in [1.29, 1.82) is 0 Å². The Hall–Kier alpha value is -3.24. The average Bonchev–Trinajstić information content (AvgIpc) is 2.58. The summed E-state index contributed by atoms with van der Waals surface area (Å²) < 4.78 is 33.2. The van der Waals surface area contributed by atoms with Crippen LogP contribution in [0.15, 0.2) is 30.5 Å². The summed E-state index contributed by atoms with van der Waals surface area (Å²) in [4.78, 5) is 31.3. The lowest BCUT2D eigenvalue weighted by atomic mass is 10.1. The van der Waals surface area contributed by atoms with Gasteiger partial charge in [-0.25, -0.2) is 4.79 Å². The third-order valence-corrected chi connectivity index (χ3v) is 2.98. The van der Waals surface area contributed by atoms with Gasteiger partial charge in [0.15, 0.2) is 6.54 Å². The molecule has 1 aromatic carbocycles. The highest BCUT2D eigenvalue weighted by atomic mass is 19.4. The zero-order valence-corrected chi connectivity index (χ0v) is 13.4. The first-order chi connectivity index (χ1) is 12.1. The number of hydrogen-bond donors (Lipinski definition) is 3. The summed E-state index contributed by atoms with van der Waals surface area (Å²) in [6.45, 7) is 0.226. The summed E-state index contributed by atoms with van der Waals surface area (Å²) in [6, 6.07) is 7.26. The number of nitrogens with zero attached hydrogens (tertiary/aromatic N) is 2. The number of amides is 1. The zero-order valence-electron chi connectivity index (χ0n) is 13.4. The van der Waals surface area contributed by atoms with E-state index < -0.39 is 18.1 Å². The second-order valence-electron chi connectivity index (χ2n) is 4.85. The summed E-state index contributed by atoms with van der Waals surface area (Å²) in [7, 11) is 1.55. The van der Waals surface area contributed by atoms with Crippen molar-refractivity contribution in [1.82, 2.24) is 10.4 Å². The van der Waals surface area contributed by atoms with E-state index in [0.717, 1.165) is 5.39 Å². The maximum absolute atomic E-state index is 11.8. The summed E-state index contributed by atoms with van der Waals surface area (Å²) in [5.41, 5.74) is 1.15. The fourth-order valence-electron chi connectivity index (χ4n) is 1.81. The third kappa shape index (κ3) is 6.00. The number of alkyl halides is 3. The molecule has 1 aromatic heterocycles. The molecule has 3 N–H and O–H groups in total. The topological polar surface area (TPSA) is 120 Å². The second-order valence-corrected chi connectivity index (χ2v) is 4.85. The second kappa shape index (κ2) is 8.74. The summed E-state index contributed by atoms with van der Waals surface area (Å²) in [5.74, 6) is -3.88. The lowest BCUT2D eigenvalue weighted by molar-refractivity contribution is -0.750. The standard InChI is InChI=1S/C13H13N3O3.C2HF3O2/c1-14-13(19)10-8-16(7-6-12(17)18)15-11-5-3-2-4-9(10)11;3-2(4,5)1(6)7/h2-5,8H,6-7H2,1H3,(H-,14,17,18,19);(H,6,7)/p+1. The van der Waals surface area contributed by atoms with Crippen LogP contribution in [0.4, 0.5) is 13.2 Å². The monoisotopic (exact) mass is 374 g/mol. The lowest BCUT2D eigenvalue weighted by Gasteiger charge is -2.03. The largest absolute Gasteiger partial charge is 0.490 e. The zero-order chi connectivity index (χ0) is 19.9. The SMILES string of the molecule is CNC(=O)c1c[n+](CCC(=O)O)nc2ccccc12.O=C(O)C(F)(F)F. The molecule has 0 unspecified atom stereocenters. The first kappa shape index (κ1) is 20.8. The molecule has 0 saturated heterocycles. The number of nitrogens with one attached hydrogen (secondary N) is 1. The quantitative estimate of drug-likeness (QED) is 0.687. The Morgan fingerprint density at radius 1 is 1.19 bits per heavy atom. The average molecular weight is 374 g/mol. The maximum Gasteiger partial charge on any atom is 0.490 e. The van der Waals surface area contributed by atoms with Gasteiger partial charge in [-0.3, -0.25) is 9.59 Å². The molecule has 2 rings (SSSR count). The maximum atomic E-state index is 11.8. The molecule has 11 heteroatoms. The van der Waals surface area contributed by atoms with E-state index in [4.69, 9.17) is 15.0 Å². The van der Waals surface area contributed by atoms with Gasteiger partial charge < -0.3 is 15.5 Å². The van der Waals surface area contributed by atoms with Crippen LogP contribution in [0.1, 0.15) is 16.8 Å². The molecule has 0 radical (unpaired) electrons. The Balaban J connectivity index is 0.000000412. The van der Waals surface area contributed by atoms with Gasteiger partial charge in [0.05, 0.1) is 0 Å². The molecule has 0 bridgehead atoms. The van der Waals surface area contributed by atoms with E-state index in [1.807, 2.05) is 18.2 Å². The van der Waals surface area contributed by atoms with Crippen LogP contribution in [0.25, 0.3) is 10.9 Å². The predicted molar refractivity (Wildman–Crippen MR) is 81.3 cm³/mol. The Morgan fingerprint density at radius 2 is 1.77 bits per heavy atom. The highest BCUT2D eigenvalue weighted by molar-refractivity contribution is 6.05. The number of hydrogen-bond acceptors (Lipinski definition) is 4. The molecule has 0 fully saturated rings. The Labute approximate surface area is 144 Å². The summed E-state index contributed by atoms with van der Waals surface area (Å²) >= 11 is 0. The van der Waals surface area contributed by atoms with Crippen LogP contribution in [0.2, 0.25) is 0 Å². The summed E-state index contributed by atoms with van der Waals surface area (Å²) in [6.07, 6.45) is -3.55. The van der Waals surface area contributed by atoms with Crippen molar-refractivity contribution >= 4 is 28.7 Å². The number of halogens is 3. The Kier molecular flexibility index (Phi) is 6.99. The van der Waals surface area contributed by atoms with Gasteiger partial charge in [-0.2, -0.15) is 13.2 Å². The lowest BCUT2D eigenvalue weighted by Crippen LogP contribution is -2.40. The molecule has 0 aliphatic rings. The normalized spacial score (nSPS) is 10.6. The number of fused-ring (bicyclic) bond motifs is 1. The van der Waals surface area contributed by atoms with E-state index in [9.17, 15) is 22.8 Å². The number of carboxylic acid groups (broad SMARTS) is 2. The third-order valence-electron chi connectivity index (χ3n) is 2.98. The van der Waals surface area contributed by atoms with Gasteiger partial charge in [-0.05, 0) is 6.07 Å². The van der Waals surface area contributed by atoms with Gasteiger partial charge in [0.2, 0.25) is 6.20 Å². The molecule has 1 heterocycles. The van der Waals surface area contributed by atoms with Crippen molar-refractivity contribution in [3.05, 3.63) is 36.0 Å². The van der Waals surface area contributed by atoms with E-state index in [2.05, 4.69) is 10.4 Å². The van der Waals surface area contributed by atoms with Crippen LogP contribution in [0.5, 0.6) is 0 Å². The van der Waals surface area contributed by atoms with Crippen LogP contribution in [-0.2, 0) is 16.1 Å². The fraction of sp³-hybridized carbons (Fsp3) is 0.267. The number of aromatic nitrogens is 2. The molecule has 140 valence electrons.